The fourth-order valence-corrected chi connectivity index (χ4v) is 2.86. The van der Waals surface area contributed by atoms with Gasteiger partial charge in [-0.3, -0.25) is 0 Å². The third-order valence-corrected chi connectivity index (χ3v) is 3.88. The fraction of sp³-hybridized carbons (Fsp3) is 0.571. The summed E-state index contributed by atoms with van der Waals surface area (Å²) in [6.45, 7) is 2.91. The lowest BCUT2D eigenvalue weighted by Gasteiger charge is -2.20. The Hall–Kier alpha value is -0.600. The van der Waals surface area contributed by atoms with Crippen molar-refractivity contribution in [1.82, 2.24) is 5.32 Å². The van der Waals surface area contributed by atoms with Crippen LogP contribution in [-0.2, 0) is 6.54 Å². The molecule has 0 aromatic heterocycles. The monoisotopic (exact) mass is 255 g/mol. The molecular formula is C14H19ClFN. The molecule has 0 amide bonds. The Kier molecular flexibility index (Phi) is 4.41. The number of hydrogen-bond acceptors (Lipinski definition) is 1. The zero-order valence-electron chi connectivity index (χ0n) is 10.2. The molecule has 1 nitrogen and oxygen atoms in total. The molecule has 1 atom stereocenters. The molecule has 1 fully saturated rings. The molecule has 2 rings (SSSR count). The highest BCUT2D eigenvalue weighted by Crippen LogP contribution is 2.27. The van der Waals surface area contributed by atoms with Gasteiger partial charge in [-0.25, -0.2) is 4.39 Å². The van der Waals surface area contributed by atoms with E-state index < -0.39 is 0 Å². The number of halogens is 2. The molecule has 94 valence electrons. The molecular weight excluding hydrogens is 237 g/mol. The van der Waals surface area contributed by atoms with Gasteiger partial charge in [-0.2, -0.15) is 0 Å². The minimum Gasteiger partial charge on any atom is -0.310 e. The summed E-state index contributed by atoms with van der Waals surface area (Å²) < 4.78 is 13.1. The quantitative estimate of drug-likeness (QED) is 0.852. The van der Waals surface area contributed by atoms with Gasteiger partial charge in [-0.05, 0) is 49.4 Å². The lowest BCUT2D eigenvalue weighted by molar-refractivity contribution is 0.380. The smallest absolute Gasteiger partial charge is 0.125 e. The third-order valence-electron chi connectivity index (χ3n) is 3.66. The van der Waals surface area contributed by atoms with Crippen molar-refractivity contribution in [3.05, 3.63) is 34.6 Å². The molecule has 17 heavy (non-hydrogen) atoms. The maximum absolute atomic E-state index is 13.1. The Morgan fingerprint density at radius 2 is 2.06 bits per heavy atom. The van der Waals surface area contributed by atoms with Crippen LogP contribution in [0.3, 0.4) is 0 Å². The third kappa shape index (κ3) is 3.68. The average molecular weight is 256 g/mol. The van der Waals surface area contributed by atoms with Gasteiger partial charge in [0.05, 0.1) is 0 Å². The van der Waals surface area contributed by atoms with Crippen LogP contribution >= 0.6 is 11.6 Å². The summed E-state index contributed by atoms with van der Waals surface area (Å²) in [6, 6.07) is 5.20. The van der Waals surface area contributed by atoms with Crippen molar-refractivity contribution in [2.75, 3.05) is 0 Å². The summed E-state index contributed by atoms with van der Waals surface area (Å²) in [6.07, 6.45) is 5.33. The predicted octanol–water partition coefficient (Wildman–Crippen LogP) is 4.15. The van der Waals surface area contributed by atoms with Crippen molar-refractivity contribution in [3.8, 4) is 0 Å². The molecule has 1 aliphatic rings. The molecule has 1 N–H and O–H groups in total. The van der Waals surface area contributed by atoms with E-state index in [0.29, 0.717) is 17.6 Å². The number of rotatable bonds is 4. The van der Waals surface area contributed by atoms with Crippen molar-refractivity contribution < 1.29 is 4.39 Å². The van der Waals surface area contributed by atoms with Crippen molar-refractivity contribution in [3.63, 3.8) is 0 Å². The first-order valence-electron chi connectivity index (χ1n) is 6.33. The van der Waals surface area contributed by atoms with E-state index in [2.05, 4.69) is 12.2 Å². The first-order valence-corrected chi connectivity index (χ1v) is 6.71. The summed E-state index contributed by atoms with van der Waals surface area (Å²) in [7, 11) is 0. The maximum atomic E-state index is 13.1. The van der Waals surface area contributed by atoms with Crippen LogP contribution in [0.5, 0.6) is 0 Å². The van der Waals surface area contributed by atoms with Gasteiger partial charge in [-0.1, -0.05) is 24.4 Å². The average Bonchev–Trinajstić information content (AvgIpc) is 2.78. The molecule has 0 unspecified atom stereocenters. The molecule has 1 aliphatic carbocycles. The van der Waals surface area contributed by atoms with E-state index >= 15 is 0 Å². The van der Waals surface area contributed by atoms with E-state index in [4.69, 9.17) is 11.6 Å². The van der Waals surface area contributed by atoms with E-state index in [1.807, 2.05) is 6.07 Å². The predicted molar refractivity (Wildman–Crippen MR) is 69.7 cm³/mol. The minimum absolute atomic E-state index is 0.261. The molecule has 0 radical (unpaired) electrons. The zero-order valence-corrected chi connectivity index (χ0v) is 10.9. The largest absolute Gasteiger partial charge is 0.310 e. The van der Waals surface area contributed by atoms with Crippen LogP contribution in [0.15, 0.2) is 18.2 Å². The Bertz CT molecular complexity index is 354. The Morgan fingerprint density at radius 3 is 2.71 bits per heavy atom. The highest BCUT2D eigenvalue weighted by Gasteiger charge is 2.20. The van der Waals surface area contributed by atoms with Crippen molar-refractivity contribution in [1.29, 1.82) is 0 Å². The lowest BCUT2D eigenvalue weighted by atomic mass is 9.99. The van der Waals surface area contributed by atoms with Crippen LogP contribution in [0.25, 0.3) is 0 Å². The van der Waals surface area contributed by atoms with Gasteiger partial charge in [0.2, 0.25) is 0 Å². The Balaban J connectivity index is 1.88. The van der Waals surface area contributed by atoms with E-state index in [0.717, 1.165) is 11.5 Å². The first kappa shape index (κ1) is 12.8. The minimum atomic E-state index is -0.261. The molecule has 0 heterocycles. The van der Waals surface area contributed by atoms with Gasteiger partial charge in [0, 0.05) is 17.6 Å². The highest BCUT2D eigenvalue weighted by molar-refractivity contribution is 6.30. The summed E-state index contributed by atoms with van der Waals surface area (Å²) in [5.74, 6) is 0.516. The fourth-order valence-electron chi connectivity index (χ4n) is 2.62. The number of hydrogen-bond donors (Lipinski definition) is 1. The summed E-state index contributed by atoms with van der Waals surface area (Å²) in [5.41, 5.74) is 0.917. The molecule has 0 saturated heterocycles. The standard InChI is InChI=1S/C14H19ClFN/c1-10(12-4-2-3-5-12)17-9-11-6-13(15)8-14(16)7-11/h6-8,10,12,17H,2-5,9H2,1H3/t10-/m0/s1. The summed E-state index contributed by atoms with van der Waals surface area (Å²) in [5, 5.41) is 3.94. The normalized spacial score (nSPS) is 18.5. The van der Waals surface area contributed by atoms with Gasteiger partial charge >= 0.3 is 0 Å². The Labute approximate surface area is 107 Å². The van der Waals surface area contributed by atoms with E-state index in [-0.39, 0.29) is 5.82 Å². The van der Waals surface area contributed by atoms with Crippen LogP contribution in [0, 0.1) is 11.7 Å². The molecule has 3 heteroatoms. The van der Waals surface area contributed by atoms with Crippen LogP contribution in [0.2, 0.25) is 5.02 Å². The molecule has 0 spiro atoms. The summed E-state index contributed by atoms with van der Waals surface area (Å²) >= 11 is 5.82. The maximum Gasteiger partial charge on any atom is 0.125 e. The van der Waals surface area contributed by atoms with Crippen molar-refractivity contribution >= 4 is 11.6 Å². The van der Waals surface area contributed by atoms with Gasteiger partial charge in [0.15, 0.2) is 0 Å². The second-order valence-corrected chi connectivity index (χ2v) is 5.43. The molecule has 0 bridgehead atoms. The molecule has 1 aromatic carbocycles. The molecule has 1 saturated carbocycles. The Morgan fingerprint density at radius 1 is 1.35 bits per heavy atom. The SMILES string of the molecule is C[C@H](NCc1cc(F)cc(Cl)c1)C1CCCC1. The topological polar surface area (TPSA) is 12.0 Å². The van der Waals surface area contributed by atoms with Gasteiger partial charge in [0.1, 0.15) is 5.82 Å². The van der Waals surface area contributed by atoms with Gasteiger partial charge < -0.3 is 5.32 Å². The zero-order chi connectivity index (χ0) is 12.3. The van der Waals surface area contributed by atoms with Gasteiger partial charge in [-0.15, -0.1) is 0 Å². The van der Waals surface area contributed by atoms with E-state index in [1.165, 1.54) is 31.7 Å². The number of nitrogens with one attached hydrogen (secondary N) is 1. The van der Waals surface area contributed by atoms with Crippen LogP contribution in [0.4, 0.5) is 4.39 Å². The molecule has 1 aromatic rings. The van der Waals surface area contributed by atoms with Crippen molar-refractivity contribution in [2.45, 2.75) is 45.2 Å². The molecule has 0 aliphatic heterocycles. The second kappa shape index (κ2) is 5.83. The van der Waals surface area contributed by atoms with E-state index in [1.54, 1.807) is 6.07 Å². The van der Waals surface area contributed by atoms with Crippen LogP contribution < -0.4 is 5.32 Å². The highest BCUT2D eigenvalue weighted by atomic mass is 35.5. The lowest BCUT2D eigenvalue weighted by Crippen LogP contribution is -2.31. The second-order valence-electron chi connectivity index (χ2n) is 4.99. The van der Waals surface area contributed by atoms with Crippen molar-refractivity contribution in [2.24, 2.45) is 5.92 Å². The van der Waals surface area contributed by atoms with Crippen LogP contribution in [0.1, 0.15) is 38.2 Å². The number of benzene rings is 1. The van der Waals surface area contributed by atoms with Gasteiger partial charge in [0.25, 0.3) is 0 Å². The van der Waals surface area contributed by atoms with Crippen LogP contribution in [-0.4, -0.2) is 6.04 Å². The first-order chi connectivity index (χ1) is 8.15. The summed E-state index contributed by atoms with van der Waals surface area (Å²) in [4.78, 5) is 0. The van der Waals surface area contributed by atoms with E-state index in [9.17, 15) is 4.39 Å².